The minimum Gasteiger partial charge on any atom is -0.497 e. The van der Waals surface area contributed by atoms with Gasteiger partial charge < -0.3 is 4.74 Å². The van der Waals surface area contributed by atoms with Gasteiger partial charge >= 0.3 is 0 Å². The van der Waals surface area contributed by atoms with Crippen LogP contribution >= 0.6 is 0 Å². The number of aryl methyl sites for hydroxylation is 1. The van der Waals surface area contributed by atoms with Crippen LogP contribution in [0.3, 0.4) is 0 Å². The Morgan fingerprint density at radius 3 is 2.42 bits per heavy atom. The van der Waals surface area contributed by atoms with Crippen molar-refractivity contribution in [3.8, 4) is 5.75 Å². The van der Waals surface area contributed by atoms with E-state index in [2.05, 4.69) is 45.9 Å². The van der Waals surface area contributed by atoms with Gasteiger partial charge in [-0.2, -0.15) is 0 Å². The van der Waals surface area contributed by atoms with Crippen molar-refractivity contribution in [3.63, 3.8) is 0 Å². The highest BCUT2D eigenvalue weighted by molar-refractivity contribution is 5.39. The van der Waals surface area contributed by atoms with Crippen molar-refractivity contribution in [1.29, 1.82) is 0 Å². The Labute approximate surface area is 117 Å². The number of fused-ring (bicyclic) bond motifs is 2. The lowest BCUT2D eigenvalue weighted by Crippen LogP contribution is -2.24. The lowest BCUT2D eigenvalue weighted by atomic mass is 9.70. The van der Waals surface area contributed by atoms with E-state index < -0.39 is 0 Å². The fraction of sp³-hybridized carbons (Fsp3) is 0.667. The van der Waals surface area contributed by atoms with Gasteiger partial charge in [-0.25, -0.2) is 0 Å². The van der Waals surface area contributed by atoms with Crippen molar-refractivity contribution in [2.24, 2.45) is 16.7 Å². The predicted octanol–water partition coefficient (Wildman–Crippen LogP) is 4.93. The molecule has 0 aromatic heterocycles. The average Bonchev–Trinajstić information content (AvgIpc) is 2.73. The molecule has 2 aliphatic carbocycles. The maximum atomic E-state index is 5.34. The molecule has 0 saturated heterocycles. The molecule has 0 amide bonds. The van der Waals surface area contributed by atoms with E-state index >= 15 is 0 Å². The molecule has 0 spiro atoms. The van der Waals surface area contributed by atoms with Crippen LogP contribution in [0, 0.1) is 23.7 Å². The molecule has 2 saturated carbocycles. The Morgan fingerprint density at radius 2 is 1.95 bits per heavy atom. The Morgan fingerprint density at radius 1 is 1.21 bits per heavy atom. The summed E-state index contributed by atoms with van der Waals surface area (Å²) in [6.07, 6.45) is 4.16. The first-order valence-corrected chi connectivity index (χ1v) is 7.55. The van der Waals surface area contributed by atoms with Gasteiger partial charge in [0.15, 0.2) is 0 Å². The monoisotopic (exact) mass is 258 g/mol. The van der Waals surface area contributed by atoms with Gasteiger partial charge in [-0.15, -0.1) is 0 Å². The summed E-state index contributed by atoms with van der Waals surface area (Å²) in [4.78, 5) is 0. The number of benzene rings is 1. The molecule has 1 unspecified atom stereocenters. The fourth-order valence-electron chi connectivity index (χ4n) is 4.87. The average molecular weight is 258 g/mol. The number of methoxy groups -OCH3 is 1. The molecule has 2 aliphatic rings. The van der Waals surface area contributed by atoms with Gasteiger partial charge in [0.05, 0.1) is 7.11 Å². The third-order valence-electron chi connectivity index (χ3n) is 6.59. The number of rotatable bonds is 2. The van der Waals surface area contributed by atoms with Crippen molar-refractivity contribution in [2.45, 2.75) is 52.9 Å². The molecule has 0 aliphatic heterocycles. The minimum absolute atomic E-state index is 0.494. The molecule has 2 fully saturated rings. The van der Waals surface area contributed by atoms with E-state index in [4.69, 9.17) is 4.74 Å². The van der Waals surface area contributed by atoms with E-state index in [-0.39, 0.29) is 0 Å². The predicted molar refractivity (Wildman–Crippen MR) is 79.7 cm³/mol. The quantitative estimate of drug-likeness (QED) is 0.730. The summed E-state index contributed by atoms with van der Waals surface area (Å²) in [6, 6.07) is 6.63. The molecule has 1 aromatic carbocycles. The van der Waals surface area contributed by atoms with Gasteiger partial charge in [0.25, 0.3) is 0 Å². The van der Waals surface area contributed by atoms with Crippen LogP contribution < -0.4 is 4.74 Å². The number of ether oxygens (including phenoxy) is 1. The Hall–Kier alpha value is -0.980. The minimum atomic E-state index is 0.494. The van der Waals surface area contributed by atoms with E-state index in [0.717, 1.165) is 17.6 Å². The molecule has 1 aromatic rings. The zero-order chi connectivity index (χ0) is 13.8. The molecule has 0 heterocycles. The van der Waals surface area contributed by atoms with Crippen LogP contribution in [0.25, 0.3) is 0 Å². The first-order chi connectivity index (χ1) is 8.90. The third-order valence-corrected chi connectivity index (χ3v) is 6.59. The van der Waals surface area contributed by atoms with Crippen LogP contribution in [0.2, 0.25) is 0 Å². The van der Waals surface area contributed by atoms with E-state index in [9.17, 15) is 0 Å². The lowest BCUT2D eigenvalue weighted by Gasteiger charge is -2.35. The van der Waals surface area contributed by atoms with Gasteiger partial charge in [-0.3, -0.25) is 0 Å². The fourth-order valence-corrected chi connectivity index (χ4v) is 4.87. The highest BCUT2D eigenvalue weighted by atomic mass is 16.5. The van der Waals surface area contributed by atoms with Crippen LogP contribution in [0.5, 0.6) is 5.75 Å². The van der Waals surface area contributed by atoms with Gasteiger partial charge in [-0.1, -0.05) is 26.8 Å². The molecular weight excluding hydrogens is 232 g/mol. The molecular formula is C18H26O. The zero-order valence-corrected chi connectivity index (χ0v) is 12.9. The van der Waals surface area contributed by atoms with Gasteiger partial charge in [-0.05, 0) is 72.1 Å². The van der Waals surface area contributed by atoms with Gasteiger partial charge in [0.2, 0.25) is 0 Å². The highest BCUT2D eigenvalue weighted by Crippen LogP contribution is 2.70. The lowest BCUT2D eigenvalue weighted by molar-refractivity contribution is 0.226. The molecule has 1 heteroatoms. The van der Waals surface area contributed by atoms with Crippen molar-refractivity contribution < 1.29 is 4.74 Å². The summed E-state index contributed by atoms with van der Waals surface area (Å²) in [5.74, 6) is 2.55. The topological polar surface area (TPSA) is 9.23 Å². The molecule has 19 heavy (non-hydrogen) atoms. The second-order valence-corrected chi connectivity index (χ2v) is 7.36. The Balaban J connectivity index is 2.01. The zero-order valence-electron chi connectivity index (χ0n) is 12.9. The van der Waals surface area contributed by atoms with Crippen LogP contribution in [-0.4, -0.2) is 7.11 Å². The standard InChI is InChI=1S/C18H26O/c1-12-10-14(19-5)6-7-15(12)16-11-17(3)8-9-18(16,4)13(17)2/h6-7,10,13,16H,8-9,11H2,1-5H3/t13?,16-,17+,18+/m0/s1. The molecule has 104 valence electrons. The van der Waals surface area contributed by atoms with Crippen molar-refractivity contribution in [2.75, 3.05) is 7.11 Å². The molecule has 3 rings (SSSR count). The molecule has 0 N–H and O–H groups in total. The Bertz CT molecular complexity index is 506. The molecule has 1 nitrogen and oxygen atoms in total. The largest absolute Gasteiger partial charge is 0.497 e. The Kier molecular flexibility index (Phi) is 2.75. The van der Waals surface area contributed by atoms with E-state index in [0.29, 0.717) is 10.8 Å². The molecule has 0 radical (unpaired) electrons. The van der Waals surface area contributed by atoms with Crippen LogP contribution in [0.15, 0.2) is 18.2 Å². The number of hydrogen-bond donors (Lipinski definition) is 0. The highest BCUT2D eigenvalue weighted by Gasteiger charge is 2.60. The normalized spacial score (nSPS) is 40.7. The summed E-state index contributed by atoms with van der Waals surface area (Å²) in [6.45, 7) is 9.73. The summed E-state index contributed by atoms with van der Waals surface area (Å²) in [7, 11) is 1.75. The van der Waals surface area contributed by atoms with Crippen molar-refractivity contribution in [1.82, 2.24) is 0 Å². The van der Waals surface area contributed by atoms with Crippen LogP contribution in [0.4, 0.5) is 0 Å². The van der Waals surface area contributed by atoms with Crippen LogP contribution in [0.1, 0.15) is 57.1 Å². The third kappa shape index (κ3) is 1.67. The van der Waals surface area contributed by atoms with Crippen molar-refractivity contribution >= 4 is 0 Å². The first-order valence-electron chi connectivity index (χ1n) is 7.55. The maximum absolute atomic E-state index is 5.34. The summed E-state index contributed by atoms with van der Waals surface area (Å²) >= 11 is 0. The number of hydrogen-bond acceptors (Lipinski definition) is 1. The van der Waals surface area contributed by atoms with Crippen LogP contribution in [-0.2, 0) is 0 Å². The summed E-state index contributed by atoms with van der Waals surface area (Å²) in [5, 5.41) is 0. The maximum Gasteiger partial charge on any atom is 0.119 e. The molecule has 4 atom stereocenters. The van der Waals surface area contributed by atoms with Gasteiger partial charge in [0.1, 0.15) is 5.75 Å². The van der Waals surface area contributed by atoms with E-state index in [1.54, 1.807) is 12.7 Å². The summed E-state index contributed by atoms with van der Waals surface area (Å²) < 4.78 is 5.34. The molecule has 2 bridgehead atoms. The van der Waals surface area contributed by atoms with Gasteiger partial charge in [0, 0.05) is 0 Å². The van der Waals surface area contributed by atoms with Crippen molar-refractivity contribution in [3.05, 3.63) is 29.3 Å². The summed E-state index contributed by atoms with van der Waals surface area (Å²) in [5.41, 5.74) is 4.01. The first kappa shape index (κ1) is 13.0. The second kappa shape index (κ2) is 4.01. The van der Waals surface area contributed by atoms with E-state index in [1.807, 2.05) is 0 Å². The SMILES string of the molecule is COc1ccc([C@@H]2C[C@@]3(C)CC[C@]2(C)C3C)c(C)c1. The van der Waals surface area contributed by atoms with E-state index in [1.165, 1.54) is 24.8 Å². The smallest absolute Gasteiger partial charge is 0.119 e. The second-order valence-electron chi connectivity index (χ2n) is 7.36.